The van der Waals surface area contributed by atoms with Gasteiger partial charge in [0, 0.05) is 12.2 Å². The van der Waals surface area contributed by atoms with Crippen molar-refractivity contribution >= 4 is 22.5 Å². The van der Waals surface area contributed by atoms with E-state index in [-0.39, 0.29) is 5.56 Å². The molecule has 108 valence electrons. The molecule has 0 amide bonds. The van der Waals surface area contributed by atoms with Crippen LogP contribution in [0.2, 0.25) is 0 Å². The number of nitrogens with two attached hydrogens (primary N) is 1. The zero-order valence-electron chi connectivity index (χ0n) is 12.1. The van der Waals surface area contributed by atoms with Gasteiger partial charge in [0.05, 0.1) is 10.9 Å². The minimum atomic E-state index is -0.160. The minimum Gasteiger partial charge on any atom is -0.399 e. The van der Waals surface area contributed by atoms with E-state index in [0.29, 0.717) is 22.5 Å². The highest BCUT2D eigenvalue weighted by molar-refractivity contribution is 5.81. The van der Waals surface area contributed by atoms with Crippen molar-refractivity contribution in [2.24, 2.45) is 5.92 Å². The molecule has 1 heterocycles. The summed E-state index contributed by atoms with van der Waals surface area (Å²) in [6.45, 7) is 5.26. The highest BCUT2D eigenvalue weighted by atomic mass is 16.1. The van der Waals surface area contributed by atoms with Crippen molar-refractivity contribution in [1.29, 1.82) is 0 Å². The Morgan fingerprint density at radius 2 is 2.15 bits per heavy atom. The van der Waals surface area contributed by atoms with Crippen LogP contribution in [0.25, 0.3) is 10.9 Å². The van der Waals surface area contributed by atoms with E-state index in [9.17, 15) is 4.79 Å². The largest absolute Gasteiger partial charge is 0.399 e. The Morgan fingerprint density at radius 3 is 2.90 bits per heavy atom. The Kier molecular flexibility index (Phi) is 4.61. The molecule has 0 radical (unpaired) electrons. The number of aromatic nitrogens is 2. The number of hydrogen-bond acceptors (Lipinski definition) is 4. The maximum absolute atomic E-state index is 11.9. The standard InChI is InChI=1S/C15H22N4O/c1-10(2)5-3-4-8-17-15-18-13-7-6-11(16)9-12(13)14(20)19-15/h6-7,9-10H,3-5,8,16H2,1-2H3,(H2,17,18,19,20). The van der Waals surface area contributed by atoms with Crippen LogP contribution in [0.5, 0.6) is 0 Å². The summed E-state index contributed by atoms with van der Waals surface area (Å²) in [4.78, 5) is 19.1. The van der Waals surface area contributed by atoms with Crippen LogP contribution >= 0.6 is 0 Å². The molecular weight excluding hydrogens is 252 g/mol. The van der Waals surface area contributed by atoms with Gasteiger partial charge < -0.3 is 11.1 Å². The number of hydrogen-bond donors (Lipinski definition) is 3. The van der Waals surface area contributed by atoms with Crippen molar-refractivity contribution in [2.45, 2.75) is 33.1 Å². The predicted molar refractivity (Wildman–Crippen MR) is 84.0 cm³/mol. The maximum atomic E-state index is 11.9. The lowest BCUT2D eigenvalue weighted by Gasteiger charge is -2.07. The van der Waals surface area contributed by atoms with Crippen molar-refractivity contribution < 1.29 is 0 Å². The molecule has 0 bridgehead atoms. The van der Waals surface area contributed by atoms with Crippen molar-refractivity contribution in [2.75, 3.05) is 17.6 Å². The van der Waals surface area contributed by atoms with Crippen LogP contribution in [0.1, 0.15) is 33.1 Å². The molecule has 0 unspecified atom stereocenters. The molecule has 0 spiro atoms. The number of unbranched alkanes of at least 4 members (excludes halogenated alkanes) is 1. The summed E-state index contributed by atoms with van der Waals surface area (Å²) in [7, 11) is 0. The average Bonchev–Trinajstić information content (AvgIpc) is 2.39. The molecule has 20 heavy (non-hydrogen) atoms. The Balaban J connectivity index is 2.01. The van der Waals surface area contributed by atoms with Crippen LogP contribution in [0.4, 0.5) is 11.6 Å². The molecule has 1 aromatic heterocycles. The van der Waals surface area contributed by atoms with Crippen LogP contribution in [0, 0.1) is 5.92 Å². The van der Waals surface area contributed by atoms with Gasteiger partial charge >= 0.3 is 0 Å². The second kappa shape index (κ2) is 6.41. The summed E-state index contributed by atoms with van der Waals surface area (Å²) >= 11 is 0. The van der Waals surface area contributed by atoms with Gasteiger partial charge in [-0.1, -0.05) is 26.7 Å². The number of anilines is 2. The Bertz CT molecular complexity index is 633. The molecule has 5 heteroatoms. The molecule has 5 nitrogen and oxygen atoms in total. The molecule has 4 N–H and O–H groups in total. The summed E-state index contributed by atoms with van der Waals surface area (Å²) in [6, 6.07) is 5.17. The monoisotopic (exact) mass is 274 g/mol. The summed E-state index contributed by atoms with van der Waals surface area (Å²) in [5, 5.41) is 3.69. The molecule has 0 aliphatic rings. The lowest BCUT2D eigenvalue weighted by atomic mass is 10.1. The second-order valence-corrected chi connectivity index (χ2v) is 5.51. The highest BCUT2D eigenvalue weighted by Crippen LogP contribution is 2.13. The third kappa shape index (κ3) is 3.73. The van der Waals surface area contributed by atoms with E-state index < -0.39 is 0 Å². The number of rotatable bonds is 6. The fourth-order valence-electron chi connectivity index (χ4n) is 2.12. The molecular formula is C15H22N4O. The quantitative estimate of drug-likeness (QED) is 0.558. The van der Waals surface area contributed by atoms with Crippen molar-refractivity contribution in [3.63, 3.8) is 0 Å². The summed E-state index contributed by atoms with van der Waals surface area (Å²) < 4.78 is 0. The summed E-state index contributed by atoms with van der Waals surface area (Å²) in [5.41, 5.74) is 6.74. The lowest BCUT2D eigenvalue weighted by Crippen LogP contribution is -2.14. The molecule has 1 aromatic carbocycles. The smallest absolute Gasteiger partial charge is 0.260 e. The topological polar surface area (TPSA) is 83.8 Å². The lowest BCUT2D eigenvalue weighted by molar-refractivity contribution is 0.544. The molecule has 0 saturated heterocycles. The number of nitrogens with one attached hydrogen (secondary N) is 2. The van der Waals surface area contributed by atoms with Crippen LogP contribution in [-0.4, -0.2) is 16.5 Å². The third-order valence-electron chi connectivity index (χ3n) is 3.23. The molecule has 0 fully saturated rings. The Hall–Kier alpha value is -2.04. The third-order valence-corrected chi connectivity index (χ3v) is 3.23. The van der Waals surface area contributed by atoms with E-state index in [2.05, 4.69) is 29.1 Å². The molecule has 0 aliphatic heterocycles. The van der Waals surface area contributed by atoms with Gasteiger partial charge in [0.25, 0.3) is 5.56 Å². The van der Waals surface area contributed by atoms with Crippen LogP contribution < -0.4 is 16.6 Å². The fourth-order valence-corrected chi connectivity index (χ4v) is 2.12. The van der Waals surface area contributed by atoms with Crippen molar-refractivity contribution in [1.82, 2.24) is 9.97 Å². The number of fused-ring (bicyclic) bond motifs is 1. The van der Waals surface area contributed by atoms with E-state index in [4.69, 9.17) is 5.73 Å². The number of nitrogens with zero attached hydrogens (tertiary/aromatic N) is 1. The SMILES string of the molecule is CC(C)CCCCNc1nc2ccc(N)cc2c(=O)[nH]1. The van der Waals surface area contributed by atoms with Crippen molar-refractivity contribution in [3.8, 4) is 0 Å². The molecule has 0 saturated carbocycles. The van der Waals surface area contributed by atoms with E-state index >= 15 is 0 Å². The van der Waals surface area contributed by atoms with Gasteiger partial charge in [-0.05, 0) is 30.5 Å². The van der Waals surface area contributed by atoms with E-state index in [1.807, 2.05) is 0 Å². The first kappa shape index (κ1) is 14.4. The van der Waals surface area contributed by atoms with Gasteiger partial charge in [-0.3, -0.25) is 9.78 Å². The first-order valence-corrected chi connectivity index (χ1v) is 7.09. The van der Waals surface area contributed by atoms with Crippen LogP contribution in [0.15, 0.2) is 23.0 Å². The van der Waals surface area contributed by atoms with Gasteiger partial charge in [-0.15, -0.1) is 0 Å². The number of nitrogen functional groups attached to an aromatic ring is 1. The summed E-state index contributed by atoms with van der Waals surface area (Å²) in [6.07, 6.45) is 3.48. The predicted octanol–water partition coefficient (Wildman–Crippen LogP) is 2.74. The number of aromatic amines is 1. The average molecular weight is 274 g/mol. The van der Waals surface area contributed by atoms with E-state index in [1.165, 1.54) is 12.8 Å². The Morgan fingerprint density at radius 1 is 1.35 bits per heavy atom. The summed E-state index contributed by atoms with van der Waals surface area (Å²) in [5.74, 6) is 1.26. The van der Waals surface area contributed by atoms with Gasteiger partial charge in [-0.25, -0.2) is 4.98 Å². The van der Waals surface area contributed by atoms with Gasteiger partial charge in [0.2, 0.25) is 5.95 Å². The maximum Gasteiger partial charge on any atom is 0.260 e. The zero-order valence-corrected chi connectivity index (χ0v) is 12.1. The van der Waals surface area contributed by atoms with Crippen LogP contribution in [0.3, 0.4) is 0 Å². The van der Waals surface area contributed by atoms with E-state index in [0.717, 1.165) is 18.9 Å². The van der Waals surface area contributed by atoms with Gasteiger partial charge in [0.1, 0.15) is 0 Å². The number of benzene rings is 1. The van der Waals surface area contributed by atoms with Crippen molar-refractivity contribution in [3.05, 3.63) is 28.6 Å². The highest BCUT2D eigenvalue weighted by Gasteiger charge is 2.03. The van der Waals surface area contributed by atoms with Crippen LogP contribution in [-0.2, 0) is 0 Å². The fraction of sp³-hybridized carbons (Fsp3) is 0.467. The molecule has 2 rings (SSSR count). The normalized spacial score (nSPS) is 11.2. The van der Waals surface area contributed by atoms with Gasteiger partial charge in [0.15, 0.2) is 0 Å². The second-order valence-electron chi connectivity index (χ2n) is 5.51. The molecule has 0 atom stereocenters. The Labute approximate surface area is 118 Å². The first-order chi connectivity index (χ1) is 9.56. The van der Waals surface area contributed by atoms with E-state index in [1.54, 1.807) is 18.2 Å². The number of H-pyrrole nitrogens is 1. The first-order valence-electron chi connectivity index (χ1n) is 7.09. The van der Waals surface area contributed by atoms with Gasteiger partial charge in [-0.2, -0.15) is 0 Å². The zero-order chi connectivity index (χ0) is 14.5. The molecule has 0 aliphatic carbocycles. The molecule has 2 aromatic rings. The minimum absolute atomic E-state index is 0.160.